The number of hydrogen-bond donors (Lipinski definition) is 1. The van der Waals surface area contributed by atoms with Crippen molar-refractivity contribution in [2.75, 3.05) is 11.1 Å². The molecule has 0 aliphatic heterocycles. The third-order valence-electron chi connectivity index (χ3n) is 5.31. The van der Waals surface area contributed by atoms with E-state index in [0.29, 0.717) is 39.2 Å². The van der Waals surface area contributed by atoms with Crippen LogP contribution < -0.4 is 5.32 Å². The number of thioether (sulfide) groups is 1. The van der Waals surface area contributed by atoms with E-state index < -0.39 is 0 Å². The van der Waals surface area contributed by atoms with Crippen LogP contribution in [-0.2, 0) is 11.3 Å². The molecule has 7 nitrogen and oxygen atoms in total. The van der Waals surface area contributed by atoms with E-state index in [2.05, 4.69) is 15.5 Å². The topological polar surface area (TPSA) is 96.7 Å². The van der Waals surface area contributed by atoms with E-state index in [9.17, 15) is 10.1 Å². The van der Waals surface area contributed by atoms with Crippen molar-refractivity contribution in [1.82, 2.24) is 14.8 Å². The molecule has 172 valence electrons. The highest BCUT2D eigenvalue weighted by molar-refractivity contribution is 7.99. The summed E-state index contributed by atoms with van der Waals surface area (Å²) in [6.45, 7) is 0.517. The standard InChI is InChI=1S/C26H18ClN5O2S/c27-20-12-6-4-10-18(20)25-30-31-26(32(25)15-17-8-2-1-3-9-17)35-16-23(33)29-24-19-11-5-7-13-21(19)34-22(24)14-28/h1-13H,15-16H2,(H,29,33). The Balaban J connectivity index is 1.40. The van der Waals surface area contributed by atoms with Crippen molar-refractivity contribution in [3.63, 3.8) is 0 Å². The number of hydrogen-bond acceptors (Lipinski definition) is 6. The van der Waals surface area contributed by atoms with E-state index in [4.69, 9.17) is 16.0 Å². The van der Waals surface area contributed by atoms with Crippen molar-refractivity contribution in [1.29, 1.82) is 5.26 Å². The molecule has 0 atom stereocenters. The maximum atomic E-state index is 12.8. The summed E-state index contributed by atoms with van der Waals surface area (Å²) < 4.78 is 7.49. The minimum Gasteiger partial charge on any atom is -0.443 e. The number of nitriles is 1. The molecule has 2 aromatic heterocycles. The van der Waals surface area contributed by atoms with Crippen molar-refractivity contribution >= 4 is 45.9 Å². The summed E-state index contributed by atoms with van der Waals surface area (Å²) in [7, 11) is 0. The van der Waals surface area contributed by atoms with Crippen LogP contribution >= 0.6 is 23.4 Å². The lowest BCUT2D eigenvalue weighted by atomic mass is 10.2. The highest BCUT2D eigenvalue weighted by Crippen LogP contribution is 2.32. The SMILES string of the molecule is N#Cc1oc2ccccc2c1NC(=O)CSc1nnc(-c2ccccc2Cl)n1Cc1ccccc1. The number of para-hydroxylation sites is 1. The van der Waals surface area contributed by atoms with Gasteiger partial charge in [0.05, 0.1) is 17.3 Å². The molecular formula is C26H18ClN5O2S. The summed E-state index contributed by atoms with van der Waals surface area (Å²) in [5.74, 6) is 0.471. The lowest BCUT2D eigenvalue weighted by Gasteiger charge is -2.11. The molecule has 2 heterocycles. The maximum absolute atomic E-state index is 12.8. The van der Waals surface area contributed by atoms with Crippen LogP contribution in [-0.4, -0.2) is 26.4 Å². The van der Waals surface area contributed by atoms with E-state index >= 15 is 0 Å². The van der Waals surface area contributed by atoms with Gasteiger partial charge in [0.15, 0.2) is 11.0 Å². The van der Waals surface area contributed by atoms with Gasteiger partial charge >= 0.3 is 0 Å². The fraction of sp³-hybridized carbons (Fsp3) is 0.0769. The number of anilines is 1. The number of amides is 1. The normalized spacial score (nSPS) is 10.9. The Morgan fingerprint density at radius 2 is 1.77 bits per heavy atom. The van der Waals surface area contributed by atoms with E-state index in [0.717, 1.165) is 11.1 Å². The molecule has 3 aromatic carbocycles. The Labute approximate surface area is 210 Å². The second-order valence-corrected chi connectivity index (χ2v) is 8.96. The number of aromatic nitrogens is 3. The molecule has 0 bridgehead atoms. The summed E-state index contributed by atoms with van der Waals surface area (Å²) in [5, 5.41) is 22.8. The molecule has 0 radical (unpaired) electrons. The van der Waals surface area contributed by atoms with Crippen LogP contribution in [0, 0.1) is 11.3 Å². The second kappa shape index (κ2) is 10.1. The molecule has 5 aromatic rings. The third-order valence-corrected chi connectivity index (χ3v) is 6.61. The number of nitrogens with one attached hydrogen (secondary N) is 1. The number of halogens is 1. The number of carbonyl (C=O) groups excluding carboxylic acids is 1. The quantitative estimate of drug-likeness (QED) is 0.276. The number of furan rings is 1. The Kier molecular flexibility index (Phi) is 6.53. The second-order valence-electron chi connectivity index (χ2n) is 7.61. The lowest BCUT2D eigenvalue weighted by molar-refractivity contribution is -0.113. The van der Waals surface area contributed by atoms with Gasteiger partial charge in [0.25, 0.3) is 0 Å². The molecule has 0 fully saturated rings. The Morgan fingerprint density at radius 1 is 1.03 bits per heavy atom. The number of carbonyl (C=O) groups is 1. The Morgan fingerprint density at radius 3 is 2.57 bits per heavy atom. The molecule has 0 saturated carbocycles. The van der Waals surface area contributed by atoms with Gasteiger partial charge in [-0.25, -0.2) is 0 Å². The molecule has 1 N–H and O–H groups in total. The van der Waals surface area contributed by atoms with Crippen LogP contribution in [0.3, 0.4) is 0 Å². The maximum Gasteiger partial charge on any atom is 0.234 e. The molecule has 9 heteroatoms. The lowest BCUT2D eigenvalue weighted by Crippen LogP contribution is -2.15. The molecule has 0 aliphatic carbocycles. The van der Waals surface area contributed by atoms with Gasteiger partial charge in [-0.15, -0.1) is 10.2 Å². The van der Waals surface area contributed by atoms with Crippen LogP contribution in [0.2, 0.25) is 5.02 Å². The van der Waals surface area contributed by atoms with Crippen molar-refractivity contribution in [2.24, 2.45) is 0 Å². The first-order valence-corrected chi connectivity index (χ1v) is 12.1. The number of fused-ring (bicyclic) bond motifs is 1. The first-order chi connectivity index (χ1) is 17.1. The summed E-state index contributed by atoms with van der Waals surface area (Å²) in [5.41, 5.74) is 2.74. The Hall–Kier alpha value is -4.06. The van der Waals surface area contributed by atoms with Gasteiger partial charge in [-0.3, -0.25) is 9.36 Å². The molecule has 5 rings (SSSR count). The first-order valence-electron chi connectivity index (χ1n) is 10.7. The third kappa shape index (κ3) is 4.78. The molecule has 1 amide bonds. The van der Waals surface area contributed by atoms with Crippen molar-refractivity contribution in [3.05, 3.63) is 95.2 Å². The van der Waals surface area contributed by atoms with E-state index in [1.54, 1.807) is 18.2 Å². The minimum atomic E-state index is -0.286. The average Bonchev–Trinajstić information content (AvgIpc) is 3.44. The van der Waals surface area contributed by atoms with Crippen LogP contribution in [0.1, 0.15) is 11.3 Å². The summed E-state index contributed by atoms with van der Waals surface area (Å²) in [6, 6.07) is 26.6. The zero-order valence-electron chi connectivity index (χ0n) is 18.3. The predicted molar refractivity (Wildman–Crippen MR) is 136 cm³/mol. The molecule has 0 unspecified atom stereocenters. The van der Waals surface area contributed by atoms with Crippen LogP contribution in [0.25, 0.3) is 22.4 Å². The van der Waals surface area contributed by atoms with Crippen molar-refractivity contribution in [3.8, 4) is 17.5 Å². The summed E-state index contributed by atoms with van der Waals surface area (Å²) >= 11 is 7.70. The smallest absolute Gasteiger partial charge is 0.234 e. The van der Waals surface area contributed by atoms with Gasteiger partial charge in [0, 0.05) is 10.9 Å². The van der Waals surface area contributed by atoms with Gasteiger partial charge in [-0.1, -0.05) is 78.0 Å². The number of rotatable bonds is 7. The summed E-state index contributed by atoms with van der Waals surface area (Å²) in [6.07, 6.45) is 0. The summed E-state index contributed by atoms with van der Waals surface area (Å²) in [4.78, 5) is 12.8. The monoisotopic (exact) mass is 499 g/mol. The zero-order valence-corrected chi connectivity index (χ0v) is 19.9. The molecule has 0 spiro atoms. The molecular weight excluding hydrogens is 482 g/mol. The fourth-order valence-corrected chi connectivity index (χ4v) is 4.66. The number of nitrogens with zero attached hydrogens (tertiary/aromatic N) is 4. The van der Waals surface area contributed by atoms with E-state index in [1.807, 2.05) is 71.3 Å². The first kappa shape index (κ1) is 22.7. The van der Waals surface area contributed by atoms with E-state index in [-0.39, 0.29) is 17.4 Å². The largest absolute Gasteiger partial charge is 0.443 e. The van der Waals surface area contributed by atoms with Crippen LogP contribution in [0.5, 0.6) is 0 Å². The van der Waals surface area contributed by atoms with Gasteiger partial charge in [-0.05, 0) is 29.8 Å². The van der Waals surface area contributed by atoms with Gasteiger partial charge < -0.3 is 9.73 Å². The molecule has 0 aliphatic rings. The molecule has 35 heavy (non-hydrogen) atoms. The predicted octanol–water partition coefficient (Wildman–Crippen LogP) is 6.00. The Bertz CT molecular complexity index is 1560. The number of benzene rings is 3. The van der Waals surface area contributed by atoms with E-state index in [1.165, 1.54) is 11.8 Å². The molecule has 0 saturated heterocycles. The van der Waals surface area contributed by atoms with Gasteiger partial charge in [0.1, 0.15) is 17.3 Å². The highest BCUT2D eigenvalue weighted by Gasteiger charge is 2.20. The highest BCUT2D eigenvalue weighted by atomic mass is 35.5. The zero-order chi connectivity index (χ0) is 24.2. The van der Waals surface area contributed by atoms with Crippen molar-refractivity contribution < 1.29 is 9.21 Å². The minimum absolute atomic E-state index is 0.0674. The van der Waals surface area contributed by atoms with Crippen LogP contribution in [0.4, 0.5) is 5.69 Å². The van der Waals surface area contributed by atoms with Gasteiger partial charge in [-0.2, -0.15) is 5.26 Å². The fourth-order valence-electron chi connectivity index (χ4n) is 3.70. The van der Waals surface area contributed by atoms with Crippen LogP contribution in [0.15, 0.2) is 88.4 Å². The van der Waals surface area contributed by atoms with Crippen molar-refractivity contribution in [2.45, 2.75) is 11.7 Å². The average molecular weight is 500 g/mol. The van der Waals surface area contributed by atoms with Gasteiger partial charge in [0.2, 0.25) is 11.7 Å².